The van der Waals surface area contributed by atoms with Crippen molar-refractivity contribution in [3.63, 3.8) is 0 Å². The number of nitrogens with one attached hydrogen (secondary N) is 1. The zero-order valence-corrected chi connectivity index (χ0v) is 11.1. The molecule has 1 aliphatic carbocycles. The molecule has 0 bridgehead atoms. The molecule has 1 aromatic rings. The summed E-state index contributed by atoms with van der Waals surface area (Å²) in [5, 5.41) is 0. The van der Waals surface area contributed by atoms with E-state index in [0.717, 1.165) is 18.8 Å². The smallest absolute Gasteiger partial charge is 0.223 e. The van der Waals surface area contributed by atoms with Crippen molar-refractivity contribution < 1.29 is 0 Å². The minimum atomic E-state index is 0.260. The van der Waals surface area contributed by atoms with Crippen LogP contribution in [-0.2, 0) is 0 Å². The Morgan fingerprint density at radius 1 is 1.44 bits per heavy atom. The van der Waals surface area contributed by atoms with Crippen LogP contribution in [0.3, 0.4) is 0 Å². The van der Waals surface area contributed by atoms with Gasteiger partial charge in [-0.1, -0.05) is 13.8 Å². The van der Waals surface area contributed by atoms with Crippen LogP contribution in [0.2, 0.25) is 0 Å². The van der Waals surface area contributed by atoms with Crippen LogP contribution in [-0.4, -0.2) is 22.6 Å². The Hall–Kier alpha value is -1.56. The molecule has 6 heteroatoms. The third kappa shape index (κ3) is 3.22. The van der Waals surface area contributed by atoms with Gasteiger partial charge in [0.1, 0.15) is 11.6 Å². The van der Waals surface area contributed by atoms with Gasteiger partial charge in [0.05, 0.1) is 0 Å². The van der Waals surface area contributed by atoms with Gasteiger partial charge in [-0.05, 0) is 25.2 Å². The SMILES string of the molecule is CC(C)CCN(c1cc(NN)nc(N)n1)C1CC1. The maximum atomic E-state index is 5.70. The Labute approximate surface area is 108 Å². The van der Waals surface area contributed by atoms with E-state index in [1.807, 2.05) is 6.07 Å². The predicted octanol–water partition coefficient (Wildman–Crippen LogP) is 1.36. The minimum absolute atomic E-state index is 0.260. The van der Waals surface area contributed by atoms with Crippen LogP contribution in [0.25, 0.3) is 0 Å². The van der Waals surface area contributed by atoms with Crippen molar-refractivity contribution in [1.29, 1.82) is 0 Å². The van der Waals surface area contributed by atoms with Gasteiger partial charge in [-0.25, -0.2) is 5.84 Å². The summed E-state index contributed by atoms with van der Waals surface area (Å²) >= 11 is 0. The quantitative estimate of drug-likeness (QED) is 0.521. The highest BCUT2D eigenvalue weighted by atomic mass is 15.3. The van der Waals surface area contributed by atoms with Crippen LogP contribution in [0.4, 0.5) is 17.6 Å². The molecular weight excluding hydrogens is 228 g/mol. The Bertz CT molecular complexity index is 402. The van der Waals surface area contributed by atoms with Crippen molar-refractivity contribution in [2.75, 3.05) is 22.6 Å². The number of hydrogen-bond donors (Lipinski definition) is 3. The second kappa shape index (κ2) is 5.39. The number of nitrogen functional groups attached to an aromatic ring is 2. The summed E-state index contributed by atoms with van der Waals surface area (Å²) < 4.78 is 0. The standard InChI is InChI=1S/C12H22N6/c1-8(2)5-6-18(9-3-4-9)11-7-10(17-14)15-12(13)16-11/h7-9H,3-6,14H2,1-2H3,(H3,13,15,16,17). The van der Waals surface area contributed by atoms with E-state index in [0.29, 0.717) is 17.8 Å². The van der Waals surface area contributed by atoms with Gasteiger partial charge < -0.3 is 16.1 Å². The van der Waals surface area contributed by atoms with Gasteiger partial charge in [-0.3, -0.25) is 0 Å². The lowest BCUT2D eigenvalue weighted by Gasteiger charge is -2.24. The van der Waals surface area contributed by atoms with Crippen molar-refractivity contribution >= 4 is 17.6 Å². The molecule has 0 aliphatic heterocycles. The van der Waals surface area contributed by atoms with Gasteiger partial charge in [0, 0.05) is 18.7 Å². The van der Waals surface area contributed by atoms with Gasteiger partial charge in [0.15, 0.2) is 0 Å². The van der Waals surface area contributed by atoms with Gasteiger partial charge in [-0.15, -0.1) is 0 Å². The van der Waals surface area contributed by atoms with E-state index >= 15 is 0 Å². The Morgan fingerprint density at radius 3 is 2.72 bits per heavy atom. The number of rotatable bonds is 6. The number of nitrogens with zero attached hydrogens (tertiary/aromatic N) is 3. The highest BCUT2D eigenvalue weighted by Crippen LogP contribution is 2.32. The fraction of sp³-hybridized carbons (Fsp3) is 0.667. The largest absolute Gasteiger partial charge is 0.368 e. The monoisotopic (exact) mass is 250 g/mol. The minimum Gasteiger partial charge on any atom is -0.368 e. The molecule has 1 heterocycles. The van der Waals surface area contributed by atoms with Crippen LogP contribution in [0.1, 0.15) is 33.1 Å². The second-order valence-corrected chi connectivity index (χ2v) is 5.22. The fourth-order valence-corrected chi connectivity index (χ4v) is 1.94. The van der Waals surface area contributed by atoms with E-state index in [-0.39, 0.29) is 5.95 Å². The summed E-state index contributed by atoms with van der Waals surface area (Å²) in [5.74, 6) is 7.76. The molecule has 0 radical (unpaired) electrons. The molecule has 1 aromatic heterocycles. The first-order chi connectivity index (χ1) is 8.60. The molecule has 0 atom stereocenters. The molecule has 6 nitrogen and oxygen atoms in total. The molecule has 0 spiro atoms. The number of hydrazine groups is 1. The molecule has 1 fully saturated rings. The summed E-state index contributed by atoms with van der Waals surface area (Å²) in [4.78, 5) is 10.7. The molecule has 0 aromatic carbocycles. The first-order valence-corrected chi connectivity index (χ1v) is 6.48. The first-order valence-electron chi connectivity index (χ1n) is 6.48. The van der Waals surface area contributed by atoms with Crippen LogP contribution >= 0.6 is 0 Å². The van der Waals surface area contributed by atoms with Crippen LogP contribution in [0.5, 0.6) is 0 Å². The first kappa shape index (κ1) is 12.9. The summed E-state index contributed by atoms with van der Waals surface area (Å²) in [6.07, 6.45) is 3.60. The number of nitrogens with two attached hydrogens (primary N) is 2. The summed E-state index contributed by atoms with van der Waals surface area (Å²) in [6, 6.07) is 2.46. The van der Waals surface area contributed by atoms with Crippen LogP contribution in [0.15, 0.2) is 6.07 Å². The maximum Gasteiger partial charge on any atom is 0.223 e. The third-order valence-corrected chi connectivity index (χ3v) is 3.11. The van der Waals surface area contributed by atoms with Gasteiger partial charge in [-0.2, -0.15) is 9.97 Å². The third-order valence-electron chi connectivity index (χ3n) is 3.11. The zero-order chi connectivity index (χ0) is 13.1. The van der Waals surface area contributed by atoms with Crippen molar-refractivity contribution in [3.8, 4) is 0 Å². The Balaban J connectivity index is 2.16. The maximum absolute atomic E-state index is 5.70. The highest BCUT2D eigenvalue weighted by Gasteiger charge is 2.30. The van der Waals surface area contributed by atoms with Crippen molar-refractivity contribution in [2.24, 2.45) is 11.8 Å². The lowest BCUT2D eigenvalue weighted by molar-refractivity contribution is 0.568. The fourth-order valence-electron chi connectivity index (χ4n) is 1.94. The Morgan fingerprint density at radius 2 is 2.17 bits per heavy atom. The predicted molar refractivity (Wildman–Crippen MR) is 74.1 cm³/mol. The van der Waals surface area contributed by atoms with Gasteiger partial charge in [0.25, 0.3) is 0 Å². The van der Waals surface area contributed by atoms with Gasteiger partial charge in [0.2, 0.25) is 5.95 Å². The summed E-state index contributed by atoms with van der Waals surface area (Å²) in [7, 11) is 0. The number of anilines is 3. The topological polar surface area (TPSA) is 93.1 Å². The average Bonchev–Trinajstić information content (AvgIpc) is 3.12. The molecule has 100 valence electrons. The van der Waals surface area contributed by atoms with Crippen molar-refractivity contribution in [2.45, 2.75) is 39.2 Å². The van der Waals surface area contributed by atoms with Crippen molar-refractivity contribution in [3.05, 3.63) is 6.07 Å². The van der Waals surface area contributed by atoms with Gasteiger partial charge >= 0.3 is 0 Å². The molecule has 1 saturated carbocycles. The summed E-state index contributed by atoms with van der Waals surface area (Å²) in [5.41, 5.74) is 8.23. The van der Waals surface area contributed by atoms with E-state index in [1.165, 1.54) is 12.8 Å². The molecule has 0 saturated heterocycles. The Kier molecular flexibility index (Phi) is 3.86. The highest BCUT2D eigenvalue weighted by molar-refractivity contribution is 5.53. The van der Waals surface area contributed by atoms with Crippen LogP contribution in [0, 0.1) is 5.92 Å². The van der Waals surface area contributed by atoms with E-state index in [1.54, 1.807) is 0 Å². The molecule has 1 aliphatic rings. The molecule has 0 amide bonds. The second-order valence-electron chi connectivity index (χ2n) is 5.22. The summed E-state index contributed by atoms with van der Waals surface area (Å²) in [6.45, 7) is 5.46. The average molecular weight is 250 g/mol. The van der Waals surface area contributed by atoms with E-state index in [2.05, 4.69) is 34.1 Å². The molecule has 5 N–H and O–H groups in total. The normalized spacial score (nSPS) is 14.9. The van der Waals surface area contributed by atoms with E-state index in [4.69, 9.17) is 11.6 Å². The molecule has 0 unspecified atom stereocenters. The number of aromatic nitrogens is 2. The molecule has 18 heavy (non-hydrogen) atoms. The lowest BCUT2D eigenvalue weighted by Crippen LogP contribution is -2.29. The zero-order valence-electron chi connectivity index (χ0n) is 11.1. The van der Waals surface area contributed by atoms with E-state index in [9.17, 15) is 0 Å². The molecular formula is C12H22N6. The van der Waals surface area contributed by atoms with E-state index < -0.39 is 0 Å². The number of hydrogen-bond acceptors (Lipinski definition) is 6. The van der Waals surface area contributed by atoms with Crippen molar-refractivity contribution in [1.82, 2.24) is 9.97 Å². The molecule has 2 rings (SSSR count). The lowest BCUT2D eigenvalue weighted by atomic mass is 10.1. The van der Waals surface area contributed by atoms with Crippen LogP contribution < -0.4 is 21.9 Å².